The number of hydrogen-bond donors (Lipinski definition) is 7. The van der Waals surface area contributed by atoms with Crippen molar-refractivity contribution in [2.75, 3.05) is 20.3 Å². The summed E-state index contributed by atoms with van der Waals surface area (Å²) in [6.45, 7) is -1.24. The van der Waals surface area contributed by atoms with Crippen molar-refractivity contribution in [2.24, 2.45) is 0 Å². The number of rotatable bonds is 5. The largest absolute Gasteiger partial charge is 0.394 e. The minimum absolute atomic E-state index is 0.592. The van der Waals surface area contributed by atoms with Crippen molar-refractivity contribution >= 4 is 0 Å². The fourth-order valence-corrected chi connectivity index (χ4v) is 2.75. The molecule has 0 aromatic rings. The lowest BCUT2D eigenvalue weighted by Crippen LogP contribution is -2.64. The van der Waals surface area contributed by atoms with E-state index in [-0.39, 0.29) is 0 Å². The van der Waals surface area contributed by atoms with Crippen LogP contribution in [0, 0.1) is 0 Å². The zero-order valence-corrected chi connectivity index (χ0v) is 13.0. The normalized spacial score (nSPS) is 50.0. The van der Waals surface area contributed by atoms with E-state index in [0.717, 1.165) is 0 Å². The summed E-state index contributed by atoms with van der Waals surface area (Å²) >= 11 is 0. The highest BCUT2D eigenvalue weighted by Crippen LogP contribution is 2.29. The van der Waals surface area contributed by atoms with Crippen LogP contribution in [-0.4, -0.2) is 117 Å². The van der Waals surface area contributed by atoms with Gasteiger partial charge < -0.3 is 54.7 Å². The second kappa shape index (κ2) is 8.29. The molecule has 0 radical (unpaired) electrons. The first-order valence-electron chi connectivity index (χ1n) is 7.46. The summed E-state index contributed by atoms with van der Waals surface area (Å²) in [5.41, 5.74) is 0. The van der Waals surface area contributed by atoms with Crippen LogP contribution in [0.1, 0.15) is 0 Å². The number of hydrogen-bond acceptors (Lipinski definition) is 11. The predicted molar refractivity (Wildman–Crippen MR) is 73.4 cm³/mol. The van der Waals surface area contributed by atoms with Gasteiger partial charge in [0.15, 0.2) is 12.6 Å². The minimum Gasteiger partial charge on any atom is -0.394 e. The van der Waals surface area contributed by atoms with Crippen LogP contribution in [0.5, 0.6) is 0 Å². The van der Waals surface area contributed by atoms with Gasteiger partial charge in [0.2, 0.25) is 0 Å². The summed E-state index contributed by atoms with van der Waals surface area (Å²) in [7, 11) is 1.24. The zero-order valence-electron chi connectivity index (χ0n) is 13.0. The van der Waals surface area contributed by atoms with E-state index in [0.29, 0.717) is 0 Å². The first-order valence-corrected chi connectivity index (χ1v) is 7.46. The highest BCUT2D eigenvalue weighted by molar-refractivity contribution is 4.93. The number of methoxy groups -OCH3 is 1. The Kier molecular flexibility index (Phi) is 6.87. The van der Waals surface area contributed by atoms with Gasteiger partial charge in [0.25, 0.3) is 0 Å². The molecule has 0 aromatic carbocycles. The van der Waals surface area contributed by atoms with Gasteiger partial charge in [-0.2, -0.15) is 0 Å². The number of aliphatic hydroxyl groups is 7. The summed E-state index contributed by atoms with van der Waals surface area (Å²) in [6, 6.07) is 0. The molecule has 7 N–H and O–H groups in total. The van der Waals surface area contributed by atoms with Gasteiger partial charge in [-0.05, 0) is 0 Å². The van der Waals surface area contributed by atoms with Crippen molar-refractivity contribution in [1.29, 1.82) is 0 Å². The van der Waals surface area contributed by atoms with E-state index in [9.17, 15) is 30.6 Å². The van der Waals surface area contributed by atoms with Crippen LogP contribution in [0.3, 0.4) is 0 Å². The molecule has 2 aliphatic rings. The van der Waals surface area contributed by atoms with Gasteiger partial charge in [0.1, 0.15) is 48.8 Å². The first kappa shape index (κ1) is 19.9. The Hall–Kier alpha value is -0.440. The van der Waals surface area contributed by atoms with Gasteiger partial charge in [0, 0.05) is 7.11 Å². The van der Waals surface area contributed by atoms with Gasteiger partial charge in [-0.15, -0.1) is 0 Å². The van der Waals surface area contributed by atoms with Crippen molar-refractivity contribution in [3.8, 4) is 0 Å². The molecular weight excluding hydrogens is 332 g/mol. The molecule has 2 saturated heterocycles. The second-order valence-corrected chi connectivity index (χ2v) is 5.74. The highest BCUT2D eigenvalue weighted by Gasteiger charge is 2.50. The lowest BCUT2D eigenvalue weighted by atomic mass is 9.97. The molecule has 11 nitrogen and oxygen atoms in total. The third-order valence-electron chi connectivity index (χ3n) is 4.19. The highest BCUT2D eigenvalue weighted by atomic mass is 16.7. The van der Waals surface area contributed by atoms with E-state index in [2.05, 4.69) is 0 Å². The lowest BCUT2D eigenvalue weighted by Gasteiger charge is -2.45. The molecular formula is C13H24O11. The van der Waals surface area contributed by atoms with Crippen molar-refractivity contribution < 1.29 is 54.7 Å². The van der Waals surface area contributed by atoms with Crippen LogP contribution in [0.2, 0.25) is 0 Å². The monoisotopic (exact) mass is 356 g/mol. The number of ether oxygens (including phenoxy) is 4. The maximum absolute atomic E-state index is 10.2. The van der Waals surface area contributed by atoms with Crippen LogP contribution >= 0.6 is 0 Å². The molecule has 2 heterocycles. The molecule has 2 rings (SSSR count). The molecule has 0 bridgehead atoms. The molecule has 2 aliphatic heterocycles. The zero-order chi connectivity index (χ0) is 18.0. The van der Waals surface area contributed by atoms with E-state index in [4.69, 9.17) is 24.1 Å². The third kappa shape index (κ3) is 3.71. The van der Waals surface area contributed by atoms with Crippen LogP contribution < -0.4 is 0 Å². The maximum atomic E-state index is 10.2. The van der Waals surface area contributed by atoms with Crippen molar-refractivity contribution in [3.05, 3.63) is 0 Å². The molecule has 0 saturated carbocycles. The van der Waals surface area contributed by atoms with Crippen molar-refractivity contribution in [2.45, 2.75) is 61.4 Å². The van der Waals surface area contributed by atoms with Crippen LogP contribution in [0.25, 0.3) is 0 Å². The van der Waals surface area contributed by atoms with E-state index in [1.807, 2.05) is 0 Å². The van der Waals surface area contributed by atoms with Gasteiger partial charge in [-0.1, -0.05) is 0 Å². The fourth-order valence-electron chi connectivity index (χ4n) is 2.75. The summed E-state index contributed by atoms with van der Waals surface area (Å²) < 4.78 is 20.6. The van der Waals surface area contributed by atoms with Crippen LogP contribution in [0.4, 0.5) is 0 Å². The van der Waals surface area contributed by atoms with E-state index >= 15 is 0 Å². The van der Waals surface area contributed by atoms with E-state index in [1.54, 1.807) is 0 Å². The van der Waals surface area contributed by atoms with Crippen molar-refractivity contribution in [3.63, 3.8) is 0 Å². The number of aliphatic hydroxyl groups excluding tert-OH is 7. The molecule has 142 valence electrons. The van der Waals surface area contributed by atoms with Gasteiger partial charge in [0.05, 0.1) is 13.2 Å². The van der Waals surface area contributed by atoms with Gasteiger partial charge >= 0.3 is 0 Å². The molecule has 10 atom stereocenters. The topological polar surface area (TPSA) is 179 Å². The minimum atomic E-state index is -1.69. The first-order chi connectivity index (χ1) is 11.3. The standard InChI is InChI=1S/C13H24O11/c1-21-12-10(20)8(18)11(5(3-15)23-12)24-13-9(19)7(17)6(16)4(2-14)22-13/h4-20H,2-3H2,1H3/t4-,5-,6+,7+,8-,9-,10-,11-,12?,13+/m1/s1. The summed E-state index contributed by atoms with van der Waals surface area (Å²) in [4.78, 5) is 0. The summed E-state index contributed by atoms with van der Waals surface area (Å²) in [6.07, 6.45) is -14.3. The molecule has 0 amide bonds. The predicted octanol–water partition coefficient (Wildman–Crippen LogP) is -4.74. The van der Waals surface area contributed by atoms with E-state index in [1.165, 1.54) is 7.11 Å². The van der Waals surface area contributed by atoms with Crippen LogP contribution in [-0.2, 0) is 18.9 Å². The third-order valence-corrected chi connectivity index (χ3v) is 4.19. The molecule has 0 spiro atoms. The average molecular weight is 356 g/mol. The SMILES string of the molecule is COC1O[C@H](CO)[C@@H](O[C@@H]2O[C@H](CO)[C@H](O)[C@H](O)[C@H]2O)[C@H](O)[C@H]1O. The van der Waals surface area contributed by atoms with Crippen molar-refractivity contribution in [1.82, 2.24) is 0 Å². The second-order valence-electron chi connectivity index (χ2n) is 5.74. The molecule has 24 heavy (non-hydrogen) atoms. The molecule has 1 unspecified atom stereocenters. The Balaban J connectivity index is 2.12. The van der Waals surface area contributed by atoms with Gasteiger partial charge in [-0.25, -0.2) is 0 Å². The summed E-state index contributed by atoms with van der Waals surface area (Å²) in [5.74, 6) is 0. The Morgan fingerprint density at radius 1 is 0.708 bits per heavy atom. The Morgan fingerprint density at radius 2 is 1.25 bits per heavy atom. The smallest absolute Gasteiger partial charge is 0.187 e. The van der Waals surface area contributed by atoms with E-state index < -0.39 is 74.6 Å². The summed E-state index contributed by atoms with van der Waals surface area (Å²) in [5, 5.41) is 68.0. The Labute approximate surface area is 137 Å². The maximum Gasteiger partial charge on any atom is 0.187 e. The average Bonchev–Trinajstić information content (AvgIpc) is 2.59. The Bertz CT molecular complexity index is 392. The molecule has 11 heteroatoms. The Morgan fingerprint density at radius 3 is 1.79 bits per heavy atom. The van der Waals surface area contributed by atoms with Crippen LogP contribution in [0.15, 0.2) is 0 Å². The molecule has 0 aromatic heterocycles. The quantitative estimate of drug-likeness (QED) is 0.251. The fraction of sp³-hybridized carbons (Fsp3) is 1.00. The molecule has 0 aliphatic carbocycles. The lowest BCUT2D eigenvalue weighted by molar-refractivity contribution is -0.357. The van der Waals surface area contributed by atoms with Gasteiger partial charge in [-0.3, -0.25) is 0 Å². The molecule has 2 fully saturated rings.